The van der Waals surface area contributed by atoms with Gasteiger partial charge in [0.1, 0.15) is 28.4 Å². The lowest BCUT2D eigenvalue weighted by Crippen LogP contribution is -2.30. The molecule has 38 heavy (non-hydrogen) atoms. The molecule has 0 saturated heterocycles. The molecule has 1 aliphatic heterocycles. The van der Waals surface area contributed by atoms with Crippen LogP contribution in [0.15, 0.2) is 107 Å². The van der Waals surface area contributed by atoms with Gasteiger partial charge in [0.2, 0.25) is 0 Å². The van der Waals surface area contributed by atoms with E-state index in [1.807, 2.05) is 104 Å². The topological polar surface area (TPSA) is 63.9 Å². The molecule has 0 radical (unpaired) electrons. The minimum atomic E-state index is -0.302. The highest BCUT2D eigenvalue weighted by atomic mass is 16.5. The Hall–Kier alpha value is -4.71. The van der Waals surface area contributed by atoms with E-state index in [0.29, 0.717) is 18.9 Å². The number of amides is 1. The van der Waals surface area contributed by atoms with Crippen LogP contribution in [0.3, 0.4) is 0 Å². The SMILES string of the molecule is CCOc1ccc(NC2=C[C@@H](c3ccc4oc5ccccc5c4c3)N(c3ccc(OCC)cc3)C2=O)cc1. The summed E-state index contributed by atoms with van der Waals surface area (Å²) >= 11 is 0. The second kappa shape index (κ2) is 9.98. The lowest BCUT2D eigenvalue weighted by atomic mass is 10.0. The smallest absolute Gasteiger partial charge is 0.275 e. The fourth-order valence-electron chi connectivity index (χ4n) is 4.93. The summed E-state index contributed by atoms with van der Waals surface area (Å²) in [5, 5.41) is 5.40. The fraction of sp³-hybridized carbons (Fsp3) is 0.156. The summed E-state index contributed by atoms with van der Waals surface area (Å²) in [7, 11) is 0. The normalized spacial score (nSPS) is 15.2. The molecular weight excluding hydrogens is 476 g/mol. The van der Waals surface area contributed by atoms with Crippen molar-refractivity contribution < 1.29 is 18.7 Å². The lowest BCUT2D eigenvalue weighted by Gasteiger charge is -2.25. The van der Waals surface area contributed by atoms with Crippen LogP contribution >= 0.6 is 0 Å². The molecule has 6 rings (SSSR count). The van der Waals surface area contributed by atoms with Crippen molar-refractivity contribution in [2.24, 2.45) is 0 Å². The van der Waals surface area contributed by atoms with E-state index in [-0.39, 0.29) is 11.9 Å². The standard InChI is InChI=1S/C32H28N2O4/c1-3-36-24-14-10-22(11-15-24)33-28-20-29(34(32(28)35)23-12-16-25(17-13-23)37-4-2)21-9-18-31-27(19-21)26-7-5-6-8-30(26)38-31/h5-20,29,33H,3-4H2,1-2H3/t29-/m0/s1. The van der Waals surface area contributed by atoms with Crippen LogP contribution in [-0.4, -0.2) is 19.1 Å². The molecule has 0 spiro atoms. The van der Waals surface area contributed by atoms with Gasteiger partial charge in [-0.1, -0.05) is 24.3 Å². The van der Waals surface area contributed by atoms with Crippen molar-refractivity contribution in [1.29, 1.82) is 0 Å². The average Bonchev–Trinajstić information content (AvgIpc) is 3.47. The molecule has 2 heterocycles. The van der Waals surface area contributed by atoms with Crippen LogP contribution in [0.25, 0.3) is 21.9 Å². The first-order valence-corrected chi connectivity index (χ1v) is 12.8. The number of nitrogens with one attached hydrogen (secondary N) is 1. The van der Waals surface area contributed by atoms with Crippen LogP contribution in [0.4, 0.5) is 11.4 Å². The molecule has 6 nitrogen and oxygen atoms in total. The molecule has 6 heteroatoms. The Balaban J connectivity index is 1.40. The third kappa shape index (κ3) is 4.34. The highest BCUT2D eigenvalue weighted by Crippen LogP contribution is 2.39. The number of hydrogen-bond donors (Lipinski definition) is 1. The van der Waals surface area contributed by atoms with Gasteiger partial charge in [-0.2, -0.15) is 0 Å². The van der Waals surface area contributed by atoms with E-state index in [2.05, 4.69) is 17.4 Å². The highest BCUT2D eigenvalue weighted by Gasteiger charge is 2.35. The molecule has 190 valence electrons. The molecule has 4 aromatic carbocycles. The molecule has 0 unspecified atom stereocenters. The molecule has 1 aliphatic rings. The van der Waals surface area contributed by atoms with Gasteiger partial charge in [-0.25, -0.2) is 0 Å². The van der Waals surface area contributed by atoms with Crippen LogP contribution < -0.4 is 19.7 Å². The van der Waals surface area contributed by atoms with Gasteiger partial charge in [0.25, 0.3) is 5.91 Å². The summed E-state index contributed by atoms with van der Waals surface area (Å²) in [4.78, 5) is 15.6. The van der Waals surface area contributed by atoms with Gasteiger partial charge in [0.05, 0.1) is 19.3 Å². The summed E-state index contributed by atoms with van der Waals surface area (Å²) in [6.45, 7) is 5.09. The van der Waals surface area contributed by atoms with Gasteiger partial charge >= 0.3 is 0 Å². The number of para-hydroxylation sites is 1. The Morgan fingerprint density at radius 3 is 2.16 bits per heavy atom. The molecule has 0 fully saturated rings. The van der Waals surface area contributed by atoms with E-state index in [0.717, 1.165) is 50.4 Å². The number of fused-ring (bicyclic) bond motifs is 3. The second-order valence-electron chi connectivity index (χ2n) is 9.06. The first-order chi connectivity index (χ1) is 18.6. The molecule has 1 N–H and O–H groups in total. The predicted molar refractivity (Wildman–Crippen MR) is 151 cm³/mol. The number of carbonyl (C=O) groups excluding carboxylic acids is 1. The van der Waals surface area contributed by atoms with Gasteiger partial charge in [0.15, 0.2) is 0 Å². The zero-order chi connectivity index (χ0) is 26.1. The highest BCUT2D eigenvalue weighted by molar-refractivity contribution is 6.11. The van der Waals surface area contributed by atoms with Gasteiger partial charge in [-0.05, 0) is 92.2 Å². The number of rotatable bonds is 8. The Bertz CT molecular complexity index is 1630. The first-order valence-electron chi connectivity index (χ1n) is 12.8. The summed E-state index contributed by atoms with van der Waals surface area (Å²) < 4.78 is 17.2. The molecule has 0 bridgehead atoms. The fourth-order valence-corrected chi connectivity index (χ4v) is 4.93. The molecule has 0 saturated carbocycles. The molecule has 1 amide bonds. The van der Waals surface area contributed by atoms with Crippen molar-refractivity contribution in [3.8, 4) is 11.5 Å². The van der Waals surface area contributed by atoms with Crippen LogP contribution in [-0.2, 0) is 4.79 Å². The number of hydrogen-bond acceptors (Lipinski definition) is 5. The van der Waals surface area contributed by atoms with Crippen molar-refractivity contribution in [2.75, 3.05) is 23.4 Å². The Morgan fingerprint density at radius 1 is 0.789 bits per heavy atom. The van der Waals surface area contributed by atoms with Crippen LogP contribution in [0.5, 0.6) is 11.5 Å². The quantitative estimate of drug-likeness (QED) is 0.237. The van der Waals surface area contributed by atoms with E-state index in [9.17, 15) is 4.79 Å². The van der Waals surface area contributed by atoms with E-state index >= 15 is 0 Å². The monoisotopic (exact) mass is 504 g/mol. The summed E-state index contributed by atoms with van der Waals surface area (Å²) in [5.74, 6) is 1.45. The number of ether oxygens (including phenoxy) is 2. The molecule has 1 aromatic heterocycles. The maximum atomic E-state index is 13.8. The average molecular weight is 505 g/mol. The maximum absolute atomic E-state index is 13.8. The van der Waals surface area contributed by atoms with Crippen molar-refractivity contribution in [3.05, 3.63) is 108 Å². The number of nitrogens with zero attached hydrogens (tertiary/aromatic N) is 1. The van der Waals surface area contributed by atoms with Crippen molar-refractivity contribution in [1.82, 2.24) is 0 Å². The summed E-state index contributed by atoms with van der Waals surface area (Å²) in [5.41, 5.74) is 4.79. The Labute approximate surface area is 221 Å². The number of carbonyl (C=O) groups is 1. The first kappa shape index (κ1) is 23.7. The molecule has 0 aliphatic carbocycles. The van der Waals surface area contributed by atoms with Crippen molar-refractivity contribution >= 4 is 39.2 Å². The molecular formula is C32H28N2O4. The zero-order valence-corrected chi connectivity index (χ0v) is 21.3. The van der Waals surface area contributed by atoms with Gasteiger partial charge in [-0.15, -0.1) is 0 Å². The maximum Gasteiger partial charge on any atom is 0.275 e. The minimum Gasteiger partial charge on any atom is -0.494 e. The second-order valence-corrected chi connectivity index (χ2v) is 9.06. The minimum absolute atomic E-state index is 0.106. The van der Waals surface area contributed by atoms with Crippen LogP contribution in [0.1, 0.15) is 25.5 Å². The predicted octanol–water partition coefficient (Wildman–Crippen LogP) is 7.47. The number of benzene rings is 4. The van der Waals surface area contributed by atoms with E-state index in [1.54, 1.807) is 0 Å². The molecule has 1 atom stereocenters. The number of anilines is 2. The van der Waals surface area contributed by atoms with Crippen LogP contribution in [0, 0.1) is 0 Å². The third-order valence-corrected chi connectivity index (χ3v) is 6.66. The van der Waals surface area contributed by atoms with E-state index < -0.39 is 0 Å². The zero-order valence-electron chi connectivity index (χ0n) is 21.3. The van der Waals surface area contributed by atoms with E-state index in [1.165, 1.54) is 0 Å². The van der Waals surface area contributed by atoms with Crippen molar-refractivity contribution in [3.63, 3.8) is 0 Å². The summed E-state index contributed by atoms with van der Waals surface area (Å²) in [6.07, 6.45) is 1.98. The Kier molecular flexibility index (Phi) is 6.22. The lowest BCUT2D eigenvalue weighted by molar-refractivity contribution is -0.114. The Morgan fingerprint density at radius 2 is 1.45 bits per heavy atom. The van der Waals surface area contributed by atoms with Gasteiger partial charge in [-0.3, -0.25) is 9.69 Å². The van der Waals surface area contributed by atoms with Gasteiger partial charge in [0, 0.05) is 22.1 Å². The largest absolute Gasteiger partial charge is 0.494 e. The molecule has 5 aromatic rings. The van der Waals surface area contributed by atoms with Crippen molar-refractivity contribution in [2.45, 2.75) is 19.9 Å². The van der Waals surface area contributed by atoms with E-state index in [4.69, 9.17) is 13.9 Å². The van der Waals surface area contributed by atoms with Gasteiger partial charge < -0.3 is 19.2 Å². The summed E-state index contributed by atoms with van der Waals surface area (Å²) in [6, 6.07) is 29.1. The third-order valence-electron chi connectivity index (χ3n) is 6.66. The number of furan rings is 1. The van der Waals surface area contributed by atoms with Crippen LogP contribution in [0.2, 0.25) is 0 Å².